The Morgan fingerprint density at radius 3 is 1.19 bits per heavy atom. The van der Waals surface area contributed by atoms with Crippen molar-refractivity contribution in [1.82, 2.24) is 0 Å². The first kappa shape index (κ1) is 38.9. The molecule has 2 aromatic rings. The highest BCUT2D eigenvalue weighted by Gasteiger charge is 2.33. The zero-order valence-electron chi connectivity index (χ0n) is 26.8. The fraction of sp³-hybridized carbons (Fsp3) is 0.529. The fourth-order valence-corrected chi connectivity index (χ4v) is 7.91. The monoisotopic (exact) mass is 782 g/mol. The van der Waals surface area contributed by atoms with Crippen LogP contribution in [0.15, 0.2) is 12.1 Å². The summed E-state index contributed by atoms with van der Waals surface area (Å²) in [6.07, 6.45) is 5.34. The van der Waals surface area contributed by atoms with E-state index in [1.54, 1.807) is 0 Å². The van der Waals surface area contributed by atoms with Crippen molar-refractivity contribution in [3.05, 3.63) is 53.4 Å². The predicted octanol–water partition coefficient (Wildman–Crippen LogP) is 10.6. The van der Waals surface area contributed by atoms with Crippen LogP contribution in [-0.4, -0.2) is 37.1 Å². The molecule has 0 aromatic heterocycles. The van der Waals surface area contributed by atoms with Gasteiger partial charge in [0.2, 0.25) is 0 Å². The Hall–Kier alpha value is -1.94. The molecule has 0 radical (unpaired) electrons. The van der Waals surface area contributed by atoms with Gasteiger partial charge in [-0.1, -0.05) is 97.3 Å². The number of halogens is 6. The summed E-state index contributed by atoms with van der Waals surface area (Å²) >= 11 is 37.5. The number of rotatable bonds is 10. The molecule has 4 rings (SSSR count). The summed E-state index contributed by atoms with van der Waals surface area (Å²) in [5.74, 6) is -3.24. The Morgan fingerprint density at radius 2 is 0.875 bits per heavy atom. The van der Waals surface area contributed by atoms with Gasteiger partial charge >= 0.3 is 23.9 Å². The number of carbonyl (C=O) groups excluding carboxylic acids is 4. The van der Waals surface area contributed by atoms with Crippen molar-refractivity contribution in [2.24, 2.45) is 35.5 Å². The molecule has 2 aromatic carbocycles. The number of ether oxygens (including phenoxy) is 4. The lowest BCUT2D eigenvalue weighted by Crippen LogP contribution is -2.27. The largest absolute Gasteiger partial charge is 0.462 e. The maximum Gasteiger partial charge on any atom is 0.423 e. The lowest BCUT2D eigenvalue weighted by atomic mass is 10.0. The lowest BCUT2D eigenvalue weighted by Gasteiger charge is -2.16. The molecule has 0 spiro atoms. The average Bonchev–Trinajstić information content (AvgIpc) is 3.51. The van der Waals surface area contributed by atoms with Gasteiger partial charge in [-0.3, -0.25) is 0 Å². The first-order valence-electron chi connectivity index (χ1n) is 15.7. The van der Waals surface area contributed by atoms with Gasteiger partial charge in [0.1, 0.15) is 11.1 Å². The number of benzene rings is 2. The van der Waals surface area contributed by atoms with Gasteiger partial charge in [-0.2, -0.15) is 0 Å². The van der Waals surface area contributed by atoms with E-state index in [1.165, 1.54) is 0 Å². The summed E-state index contributed by atoms with van der Waals surface area (Å²) in [6.45, 7) is 8.92. The van der Waals surface area contributed by atoms with Crippen molar-refractivity contribution in [1.29, 1.82) is 0 Å². The van der Waals surface area contributed by atoms with Gasteiger partial charge in [0.25, 0.3) is 0 Å². The maximum absolute atomic E-state index is 13.1. The second kappa shape index (κ2) is 16.8. The van der Waals surface area contributed by atoms with E-state index in [0.717, 1.165) is 37.8 Å². The molecule has 0 saturated heterocycles. The molecule has 14 heteroatoms. The van der Waals surface area contributed by atoms with Gasteiger partial charge in [-0.15, -0.1) is 0 Å². The van der Waals surface area contributed by atoms with Crippen molar-refractivity contribution in [3.8, 4) is 11.5 Å². The van der Waals surface area contributed by atoms with Crippen LogP contribution < -0.4 is 9.47 Å². The van der Waals surface area contributed by atoms with Gasteiger partial charge in [0.05, 0.1) is 43.3 Å². The van der Waals surface area contributed by atoms with Crippen molar-refractivity contribution >= 4 is 93.5 Å². The van der Waals surface area contributed by atoms with Crippen molar-refractivity contribution in [3.63, 3.8) is 0 Å². The molecule has 8 nitrogen and oxygen atoms in total. The van der Waals surface area contributed by atoms with Crippen molar-refractivity contribution < 1.29 is 38.1 Å². The van der Waals surface area contributed by atoms with Crippen LogP contribution >= 0.6 is 69.6 Å². The van der Waals surface area contributed by atoms with Gasteiger partial charge < -0.3 is 18.9 Å². The van der Waals surface area contributed by atoms with E-state index in [-0.39, 0.29) is 43.3 Å². The number of esters is 4. The molecule has 4 unspecified atom stereocenters. The third-order valence-corrected chi connectivity index (χ3v) is 11.6. The minimum Gasteiger partial charge on any atom is -0.462 e. The molecule has 2 fully saturated rings. The standard InChI is InChI=1S/C34H36Cl6O8/c1-15-9-19(10-16(15)2)5-7-45-31(41)25-27(39)21(35)13-23(37)29(25)47-33(43)34(44)48-30-24(38)14-22(36)28(40)26(30)32(42)46-8-6-20-11-17(3)18(4)12-20/h13-20H,5-12H2,1-4H3. The Morgan fingerprint density at radius 1 is 0.562 bits per heavy atom. The molecule has 0 heterocycles. The normalized spacial score (nSPS) is 23.5. The molecule has 48 heavy (non-hydrogen) atoms. The highest BCUT2D eigenvalue weighted by atomic mass is 35.5. The third kappa shape index (κ3) is 9.23. The average molecular weight is 785 g/mol. The summed E-state index contributed by atoms with van der Waals surface area (Å²) in [4.78, 5) is 52.3. The van der Waals surface area contributed by atoms with Gasteiger partial charge in [0, 0.05) is 0 Å². The van der Waals surface area contributed by atoms with E-state index < -0.39 is 46.5 Å². The van der Waals surface area contributed by atoms with E-state index >= 15 is 0 Å². The van der Waals surface area contributed by atoms with Crippen molar-refractivity contribution in [2.75, 3.05) is 13.2 Å². The molecule has 4 atom stereocenters. The first-order valence-corrected chi connectivity index (χ1v) is 18.0. The smallest absolute Gasteiger partial charge is 0.423 e. The number of carbonyl (C=O) groups is 4. The molecular weight excluding hydrogens is 749 g/mol. The SMILES string of the molecule is CC1CC(CCOC(=O)c2c(Cl)c(Cl)cc(Cl)c2OC(=O)C(=O)Oc2c(Cl)cc(Cl)c(Cl)c2C(=O)OCCC2CC(C)C(C)C2)CC1C. The van der Waals surface area contributed by atoms with Crippen LogP contribution in [0.2, 0.25) is 30.1 Å². The molecule has 2 aliphatic carbocycles. The van der Waals surface area contributed by atoms with Crippen LogP contribution in [0.1, 0.15) is 86.9 Å². The van der Waals surface area contributed by atoms with E-state index in [4.69, 9.17) is 88.6 Å². The van der Waals surface area contributed by atoms with E-state index in [9.17, 15) is 19.2 Å². The number of hydrogen-bond donors (Lipinski definition) is 0. The summed E-state index contributed by atoms with van der Waals surface area (Å²) < 4.78 is 21.3. The molecule has 0 aliphatic heterocycles. The van der Waals surface area contributed by atoms with E-state index in [1.807, 2.05) is 0 Å². The van der Waals surface area contributed by atoms with Crippen LogP contribution in [0, 0.1) is 35.5 Å². The Labute approximate surface area is 309 Å². The summed E-state index contributed by atoms with van der Waals surface area (Å²) in [5, 5.41) is -1.44. The molecule has 2 saturated carbocycles. The fourth-order valence-electron chi connectivity index (χ4n) is 6.47. The Balaban J connectivity index is 1.47. The van der Waals surface area contributed by atoms with E-state index in [0.29, 0.717) is 48.3 Å². The highest BCUT2D eigenvalue weighted by Crippen LogP contribution is 2.43. The summed E-state index contributed by atoms with van der Waals surface area (Å²) in [6, 6.07) is 2.27. The van der Waals surface area contributed by atoms with Gasteiger partial charge in [-0.25, -0.2) is 19.2 Å². The molecule has 0 bridgehead atoms. The zero-order chi connectivity index (χ0) is 35.4. The van der Waals surface area contributed by atoms with Crippen molar-refractivity contribution in [2.45, 2.75) is 66.2 Å². The first-order chi connectivity index (χ1) is 22.6. The lowest BCUT2D eigenvalue weighted by molar-refractivity contribution is -0.156. The minimum absolute atomic E-state index is 0.0758. The Bertz CT molecular complexity index is 1440. The number of hydrogen-bond acceptors (Lipinski definition) is 8. The second-order valence-electron chi connectivity index (χ2n) is 12.9. The van der Waals surface area contributed by atoms with Crippen LogP contribution in [0.4, 0.5) is 0 Å². The third-order valence-electron chi connectivity index (χ3n) is 9.50. The quantitative estimate of drug-likeness (QED) is 0.101. The Kier molecular flexibility index (Phi) is 13.6. The predicted molar refractivity (Wildman–Crippen MR) is 186 cm³/mol. The van der Waals surface area contributed by atoms with Crippen LogP contribution in [0.3, 0.4) is 0 Å². The van der Waals surface area contributed by atoms with Crippen LogP contribution in [0.5, 0.6) is 11.5 Å². The summed E-state index contributed by atoms with van der Waals surface area (Å²) in [7, 11) is 0. The maximum atomic E-state index is 13.1. The molecule has 262 valence electrons. The molecule has 0 amide bonds. The molecule has 2 aliphatic rings. The molecular formula is C34H36Cl6O8. The summed E-state index contributed by atoms with van der Waals surface area (Å²) in [5.41, 5.74) is -0.905. The zero-order valence-corrected chi connectivity index (χ0v) is 31.3. The van der Waals surface area contributed by atoms with Crippen LogP contribution in [-0.2, 0) is 19.1 Å². The topological polar surface area (TPSA) is 105 Å². The second-order valence-corrected chi connectivity index (χ2v) is 15.3. The minimum atomic E-state index is -1.64. The molecule has 0 N–H and O–H groups in total. The van der Waals surface area contributed by atoms with Gasteiger partial charge in [0.15, 0.2) is 11.5 Å². The highest BCUT2D eigenvalue weighted by molar-refractivity contribution is 6.47. The van der Waals surface area contributed by atoms with Crippen LogP contribution in [0.25, 0.3) is 0 Å². The van der Waals surface area contributed by atoms with E-state index in [2.05, 4.69) is 27.7 Å². The van der Waals surface area contributed by atoms with Gasteiger partial charge in [-0.05, 0) is 86.2 Å².